The fourth-order valence-corrected chi connectivity index (χ4v) is 3.44. The summed E-state index contributed by atoms with van der Waals surface area (Å²) in [6.45, 7) is 4.38. The third kappa shape index (κ3) is 6.16. The Labute approximate surface area is 204 Å². The fourth-order valence-electron chi connectivity index (χ4n) is 3.44. The van der Waals surface area contributed by atoms with Gasteiger partial charge in [0, 0.05) is 25.0 Å². The van der Waals surface area contributed by atoms with Crippen LogP contribution < -0.4 is 16.0 Å². The molecule has 32 heavy (non-hydrogen) atoms. The van der Waals surface area contributed by atoms with E-state index in [2.05, 4.69) is 31.1 Å². The van der Waals surface area contributed by atoms with Crippen molar-refractivity contribution in [1.82, 2.24) is 25.2 Å². The Bertz CT molecular complexity index is 1060. The maximum Gasteiger partial charge on any atom is 0.253 e. The number of benzene rings is 1. The minimum absolute atomic E-state index is 0. The molecular weight excluding hydrogens is 521 g/mol. The van der Waals surface area contributed by atoms with E-state index in [4.69, 9.17) is 4.74 Å². The molecule has 3 aromatic rings. The van der Waals surface area contributed by atoms with Crippen molar-refractivity contribution >= 4 is 47.2 Å². The van der Waals surface area contributed by atoms with Crippen molar-refractivity contribution in [3.63, 3.8) is 0 Å². The lowest BCUT2D eigenvalue weighted by Gasteiger charge is -2.12. The predicted molar refractivity (Wildman–Crippen MR) is 134 cm³/mol. The number of hydrogen-bond acceptors (Lipinski definition) is 5. The quantitative estimate of drug-likeness (QED) is 0.238. The Morgan fingerprint density at radius 2 is 2.12 bits per heavy atom. The number of ether oxygens (including phenoxy) is 1. The van der Waals surface area contributed by atoms with Gasteiger partial charge in [0.2, 0.25) is 0 Å². The van der Waals surface area contributed by atoms with Gasteiger partial charge in [0.15, 0.2) is 17.4 Å². The van der Waals surface area contributed by atoms with E-state index in [1.165, 1.54) is 0 Å². The number of nitrogens with one attached hydrogen (secondary N) is 3. The topological polar surface area (TPSA) is 105 Å². The molecule has 0 spiro atoms. The van der Waals surface area contributed by atoms with Gasteiger partial charge in [-0.1, -0.05) is 18.2 Å². The molecule has 1 aromatic carbocycles. The van der Waals surface area contributed by atoms with Gasteiger partial charge in [-0.25, -0.2) is 4.99 Å². The van der Waals surface area contributed by atoms with E-state index in [9.17, 15) is 4.79 Å². The summed E-state index contributed by atoms with van der Waals surface area (Å²) in [5.41, 5.74) is 2.56. The minimum atomic E-state index is -0.348. The third-order valence-corrected chi connectivity index (χ3v) is 4.98. The maximum absolute atomic E-state index is 12.3. The van der Waals surface area contributed by atoms with E-state index in [0.717, 1.165) is 42.1 Å². The van der Waals surface area contributed by atoms with E-state index in [1.54, 1.807) is 0 Å². The van der Waals surface area contributed by atoms with Crippen molar-refractivity contribution in [2.75, 3.05) is 18.5 Å². The number of fused-ring (bicyclic) bond motifs is 1. The van der Waals surface area contributed by atoms with Crippen molar-refractivity contribution in [1.29, 1.82) is 0 Å². The van der Waals surface area contributed by atoms with Gasteiger partial charge < -0.3 is 20.7 Å². The molecule has 3 heterocycles. The molecule has 1 aliphatic rings. The summed E-state index contributed by atoms with van der Waals surface area (Å²) < 4.78 is 7.39. The molecule has 10 heteroatoms. The summed E-state index contributed by atoms with van der Waals surface area (Å²) in [4.78, 5) is 16.9. The van der Waals surface area contributed by atoms with Gasteiger partial charge in [0.1, 0.15) is 6.10 Å². The molecule has 1 fully saturated rings. The summed E-state index contributed by atoms with van der Waals surface area (Å²) in [6.07, 6.45) is 3.29. The van der Waals surface area contributed by atoms with Crippen LogP contribution in [0.2, 0.25) is 0 Å². The van der Waals surface area contributed by atoms with E-state index < -0.39 is 0 Å². The van der Waals surface area contributed by atoms with E-state index >= 15 is 0 Å². The highest BCUT2D eigenvalue weighted by Crippen LogP contribution is 2.16. The summed E-state index contributed by atoms with van der Waals surface area (Å²) in [5, 5.41) is 17.9. The van der Waals surface area contributed by atoms with Crippen molar-refractivity contribution in [2.45, 2.75) is 39.0 Å². The maximum atomic E-state index is 12.3. The molecule has 2 aromatic heterocycles. The number of amides is 1. The molecule has 1 amide bonds. The molecule has 9 nitrogen and oxygen atoms in total. The molecule has 0 aliphatic carbocycles. The van der Waals surface area contributed by atoms with Crippen molar-refractivity contribution < 1.29 is 9.53 Å². The molecule has 3 N–H and O–H groups in total. The molecular formula is C22H28IN7O2. The fraction of sp³-hybridized carbons (Fsp3) is 0.364. The summed E-state index contributed by atoms with van der Waals surface area (Å²) in [7, 11) is 0. The summed E-state index contributed by atoms with van der Waals surface area (Å²) >= 11 is 0. The van der Waals surface area contributed by atoms with Crippen molar-refractivity contribution in [3.05, 3.63) is 60.0 Å². The van der Waals surface area contributed by atoms with Crippen LogP contribution in [0.4, 0.5) is 5.69 Å². The average Bonchev–Trinajstić information content (AvgIpc) is 3.46. The molecule has 4 rings (SSSR count). The lowest BCUT2D eigenvalue weighted by atomic mass is 10.2. The van der Waals surface area contributed by atoms with Crippen LogP contribution in [0.5, 0.6) is 0 Å². The van der Waals surface area contributed by atoms with Gasteiger partial charge in [-0.2, -0.15) is 0 Å². The van der Waals surface area contributed by atoms with Crippen LogP contribution in [0, 0.1) is 0 Å². The Balaban J connectivity index is 0.00000289. The monoisotopic (exact) mass is 549 g/mol. The van der Waals surface area contributed by atoms with Gasteiger partial charge in [-0.05, 0) is 49.6 Å². The van der Waals surface area contributed by atoms with Crippen LogP contribution in [0.25, 0.3) is 5.65 Å². The van der Waals surface area contributed by atoms with Gasteiger partial charge in [-0.3, -0.25) is 9.20 Å². The lowest BCUT2D eigenvalue weighted by molar-refractivity contribution is -0.124. The Morgan fingerprint density at radius 3 is 2.94 bits per heavy atom. The SMILES string of the molecule is CCNC(=NCc1cccc(NC(=O)C2CCCO2)c1)NCc1nnc2ccccn12.I. The molecule has 170 valence electrons. The number of nitrogens with zero attached hydrogens (tertiary/aromatic N) is 4. The number of carbonyl (C=O) groups is 1. The van der Waals surface area contributed by atoms with Crippen LogP contribution in [0.15, 0.2) is 53.7 Å². The summed E-state index contributed by atoms with van der Waals surface area (Å²) in [6, 6.07) is 13.5. The zero-order chi connectivity index (χ0) is 21.5. The first-order chi connectivity index (χ1) is 15.2. The van der Waals surface area contributed by atoms with Gasteiger partial charge in [0.25, 0.3) is 5.91 Å². The second-order valence-electron chi connectivity index (χ2n) is 7.29. The molecule has 0 saturated carbocycles. The van der Waals surface area contributed by atoms with Gasteiger partial charge in [-0.15, -0.1) is 34.2 Å². The number of hydrogen-bond donors (Lipinski definition) is 3. The van der Waals surface area contributed by atoms with E-state index in [1.807, 2.05) is 60.0 Å². The van der Waals surface area contributed by atoms with E-state index in [0.29, 0.717) is 25.7 Å². The second kappa shape index (κ2) is 11.8. The van der Waals surface area contributed by atoms with Crippen LogP contribution >= 0.6 is 24.0 Å². The number of anilines is 1. The largest absolute Gasteiger partial charge is 0.368 e. The highest BCUT2D eigenvalue weighted by Gasteiger charge is 2.23. The predicted octanol–water partition coefficient (Wildman–Crippen LogP) is 2.72. The average molecular weight is 549 g/mol. The van der Waals surface area contributed by atoms with Crippen LogP contribution in [-0.2, 0) is 22.6 Å². The number of aliphatic imine (C=N–C) groups is 1. The lowest BCUT2D eigenvalue weighted by Crippen LogP contribution is -2.37. The van der Waals surface area contributed by atoms with Crippen LogP contribution in [0.1, 0.15) is 31.2 Å². The Kier molecular flexibility index (Phi) is 8.80. The highest BCUT2D eigenvalue weighted by atomic mass is 127. The van der Waals surface area contributed by atoms with E-state index in [-0.39, 0.29) is 36.0 Å². The minimum Gasteiger partial charge on any atom is -0.368 e. The van der Waals surface area contributed by atoms with Crippen molar-refractivity contribution in [2.24, 2.45) is 4.99 Å². The normalized spacial score (nSPS) is 15.9. The first kappa shape index (κ1) is 23.9. The highest BCUT2D eigenvalue weighted by molar-refractivity contribution is 14.0. The zero-order valence-electron chi connectivity index (χ0n) is 18.0. The number of halogens is 1. The molecule has 1 unspecified atom stereocenters. The van der Waals surface area contributed by atoms with Crippen molar-refractivity contribution in [3.8, 4) is 0 Å². The number of pyridine rings is 1. The first-order valence-electron chi connectivity index (χ1n) is 10.5. The number of aromatic nitrogens is 3. The molecule has 1 atom stereocenters. The smallest absolute Gasteiger partial charge is 0.253 e. The zero-order valence-corrected chi connectivity index (χ0v) is 20.3. The number of carbonyl (C=O) groups excluding carboxylic acids is 1. The third-order valence-electron chi connectivity index (χ3n) is 4.98. The Hall–Kier alpha value is -2.73. The standard InChI is InChI=1S/C22H27N7O2.HI/c1-2-23-22(25-15-20-28-27-19-10-3-4-11-29(19)20)24-14-16-7-5-8-17(13-16)26-21(30)18-9-6-12-31-18;/h3-5,7-8,10-11,13,18H,2,6,9,12,14-15H2,1H3,(H,26,30)(H2,23,24,25);1H. The first-order valence-corrected chi connectivity index (χ1v) is 10.5. The summed E-state index contributed by atoms with van der Waals surface area (Å²) in [5.74, 6) is 1.40. The molecule has 0 radical (unpaired) electrons. The van der Waals surface area contributed by atoms with Gasteiger partial charge >= 0.3 is 0 Å². The molecule has 1 saturated heterocycles. The molecule has 1 aliphatic heterocycles. The number of guanidine groups is 1. The Morgan fingerprint density at radius 1 is 1.22 bits per heavy atom. The molecule has 0 bridgehead atoms. The number of rotatable bonds is 7. The van der Waals surface area contributed by atoms with Crippen LogP contribution in [0.3, 0.4) is 0 Å². The van der Waals surface area contributed by atoms with Gasteiger partial charge in [0.05, 0.1) is 13.1 Å². The second-order valence-corrected chi connectivity index (χ2v) is 7.29. The van der Waals surface area contributed by atoms with Crippen LogP contribution in [-0.4, -0.2) is 45.7 Å².